The smallest absolute Gasteiger partial charge is 0.107 e. The summed E-state index contributed by atoms with van der Waals surface area (Å²) >= 11 is 3.64. The number of benzene rings is 1. The fourth-order valence-corrected chi connectivity index (χ4v) is 2.48. The van der Waals surface area contributed by atoms with Crippen molar-refractivity contribution in [1.29, 1.82) is 0 Å². The van der Waals surface area contributed by atoms with E-state index in [9.17, 15) is 0 Å². The van der Waals surface area contributed by atoms with E-state index in [1.54, 1.807) is 0 Å². The van der Waals surface area contributed by atoms with Crippen LogP contribution in [0.25, 0.3) is 11.3 Å². The normalized spacial score (nSPS) is 15.4. The van der Waals surface area contributed by atoms with Gasteiger partial charge in [0.1, 0.15) is 4.60 Å². The predicted molar refractivity (Wildman–Crippen MR) is 68.4 cm³/mol. The molecule has 3 heteroatoms. The highest BCUT2D eigenvalue weighted by Crippen LogP contribution is 2.39. The number of nitrogens with zero attached hydrogens (tertiary/aromatic N) is 2. The van der Waals surface area contributed by atoms with E-state index >= 15 is 0 Å². The molecule has 1 aliphatic carbocycles. The molecule has 1 heterocycles. The quantitative estimate of drug-likeness (QED) is 0.812. The lowest BCUT2D eigenvalue weighted by Gasteiger charge is -1.98. The Hall–Kier alpha value is -1.09. The highest BCUT2D eigenvalue weighted by atomic mass is 79.9. The van der Waals surface area contributed by atoms with Crippen molar-refractivity contribution in [3.8, 4) is 11.3 Å². The van der Waals surface area contributed by atoms with Crippen molar-refractivity contribution in [2.75, 3.05) is 0 Å². The SMILES string of the molecule is Cc1c(-c2ccccc2)nn(C2CC2)c1Br. The lowest BCUT2D eigenvalue weighted by atomic mass is 10.1. The van der Waals surface area contributed by atoms with Gasteiger partial charge in [-0.05, 0) is 35.7 Å². The molecule has 0 aliphatic heterocycles. The zero-order chi connectivity index (χ0) is 11.1. The third-order valence-corrected chi connectivity index (χ3v) is 3.97. The minimum atomic E-state index is 0.616. The van der Waals surface area contributed by atoms with Crippen molar-refractivity contribution in [1.82, 2.24) is 9.78 Å². The van der Waals surface area contributed by atoms with Crippen molar-refractivity contribution in [2.24, 2.45) is 0 Å². The van der Waals surface area contributed by atoms with E-state index < -0.39 is 0 Å². The number of rotatable bonds is 2. The van der Waals surface area contributed by atoms with E-state index in [0.29, 0.717) is 6.04 Å². The maximum Gasteiger partial charge on any atom is 0.107 e. The fraction of sp³-hybridized carbons (Fsp3) is 0.308. The van der Waals surface area contributed by atoms with Crippen molar-refractivity contribution in [2.45, 2.75) is 25.8 Å². The average molecular weight is 277 g/mol. The van der Waals surface area contributed by atoms with E-state index in [1.807, 2.05) is 6.07 Å². The molecule has 0 amide bonds. The first kappa shape index (κ1) is 10.1. The van der Waals surface area contributed by atoms with Crippen LogP contribution in [0, 0.1) is 6.92 Å². The predicted octanol–water partition coefficient (Wildman–Crippen LogP) is 3.96. The van der Waals surface area contributed by atoms with Crippen LogP contribution < -0.4 is 0 Å². The monoisotopic (exact) mass is 276 g/mol. The molecule has 0 spiro atoms. The third-order valence-electron chi connectivity index (χ3n) is 3.01. The maximum absolute atomic E-state index is 4.71. The summed E-state index contributed by atoms with van der Waals surface area (Å²) in [6.07, 6.45) is 2.52. The minimum Gasteiger partial charge on any atom is -0.255 e. The standard InChI is InChI=1S/C13H13BrN2/c1-9-12(10-5-3-2-4-6-10)15-16(13(9)14)11-7-8-11/h2-6,11H,7-8H2,1H3. The van der Waals surface area contributed by atoms with Crippen LogP contribution in [-0.2, 0) is 0 Å². The van der Waals surface area contributed by atoms with Crippen molar-refractivity contribution in [3.05, 3.63) is 40.5 Å². The molecule has 0 atom stereocenters. The van der Waals surface area contributed by atoms with Crippen LogP contribution in [0.1, 0.15) is 24.4 Å². The summed E-state index contributed by atoms with van der Waals surface area (Å²) in [5.41, 5.74) is 3.53. The largest absolute Gasteiger partial charge is 0.255 e. The molecule has 82 valence electrons. The fourth-order valence-electron chi connectivity index (χ4n) is 1.93. The number of hydrogen-bond acceptors (Lipinski definition) is 1. The molecule has 1 aromatic carbocycles. The molecule has 1 aliphatic rings. The van der Waals surface area contributed by atoms with Crippen LogP contribution in [0.2, 0.25) is 0 Å². The first-order valence-electron chi connectivity index (χ1n) is 5.57. The second-order valence-electron chi connectivity index (χ2n) is 4.31. The Morgan fingerprint density at radius 3 is 2.56 bits per heavy atom. The van der Waals surface area contributed by atoms with E-state index in [0.717, 1.165) is 10.3 Å². The van der Waals surface area contributed by atoms with Gasteiger partial charge in [0.15, 0.2) is 0 Å². The van der Waals surface area contributed by atoms with Crippen LogP contribution in [0.5, 0.6) is 0 Å². The molecule has 0 bridgehead atoms. The van der Waals surface area contributed by atoms with E-state index in [-0.39, 0.29) is 0 Å². The Kier molecular flexibility index (Phi) is 2.36. The van der Waals surface area contributed by atoms with Crippen LogP contribution in [-0.4, -0.2) is 9.78 Å². The summed E-state index contributed by atoms with van der Waals surface area (Å²) < 4.78 is 3.26. The lowest BCUT2D eigenvalue weighted by Crippen LogP contribution is -1.96. The van der Waals surface area contributed by atoms with Gasteiger partial charge in [-0.3, -0.25) is 4.68 Å². The van der Waals surface area contributed by atoms with Crippen molar-refractivity contribution >= 4 is 15.9 Å². The molecule has 16 heavy (non-hydrogen) atoms. The van der Waals surface area contributed by atoms with Gasteiger partial charge in [0.2, 0.25) is 0 Å². The number of aromatic nitrogens is 2. The Bertz CT molecular complexity index is 512. The van der Waals surface area contributed by atoms with Crippen LogP contribution in [0.3, 0.4) is 0 Å². The summed E-state index contributed by atoms with van der Waals surface area (Å²) in [6.45, 7) is 2.12. The molecule has 1 fully saturated rings. The third kappa shape index (κ3) is 1.59. The Balaban J connectivity index is 2.11. The summed E-state index contributed by atoms with van der Waals surface area (Å²) in [6, 6.07) is 11.0. The minimum absolute atomic E-state index is 0.616. The van der Waals surface area contributed by atoms with E-state index in [4.69, 9.17) is 5.10 Å². The summed E-state index contributed by atoms with van der Waals surface area (Å²) in [7, 11) is 0. The van der Waals surface area contributed by atoms with E-state index in [2.05, 4.69) is 51.8 Å². The molecule has 1 saturated carbocycles. The van der Waals surface area contributed by atoms with Gasteiger partial charge in [-0.2, -0.15) is 5.10 Å². The van der Waals surface area contributed by atoms with Gasteiger partial charge < -0.3 is 0 Å². The Labute approximate surface area is 103 Å². The Morgan fingerprint density at radius 2 is 1.94 bits per heavy atom. The van der Waals surface area contributed by atoms with Gasteiger partial charge in [0.05, 0.1) is 11.7 Å². The molecule has 0 unspecified atom stereocenters. The number of hydrogen-bond donors (Lipinski definition) is 0. The van der Waals surface area contributed by atoms with Crippen LogP contribution in [0.15, 0.2) is 34.9 Å². The first-order valence-corrected chi connectivity index (χ1v) is 6.36. The Morgan fingerprint density at radius 1 is 1.25 bits per heavy atom. The molecule has 1 aromatic heterocycles. The molecule has 0 N–H and O–H groups in total. The van der Waals surface area contributed by atoms with E-state index in [1.165, 1.54) is 24.0 Å². The highest BCUT2D eigenvalue weighted by Gasteiger charge is 2.28. The molecular formula is C13H13BrN2. The summed E-state index contributed by atoms with van der Waals surface area (Å²) in [5.74, 6) is 0. The van der Waals surface area contributed by atoms with Gasteiger partial charge in [0, 0.05) is 11.1 Å². The second kappa shape index (κ2) is 3.74. The molecule has 0 saturated heterocycles. The second-order valence-corrected chi connectivity index (χ2v) is 5.06. The zero-order valence-electron chi connectivity index (χ0n) is 9.15. The van der Waals surface area contributed by atoms with Crippen molar-refractivity contribution < 1.29 is 0 Å². The van der Waals surface area contributed by atoms with Gasteiger partial charge in [0.25, 0.3) is 0 Å². The summed E-state index contributed by atoms with van der Waals surface area (Å²) in [4.78, 5) is 0. The molecule has 2 aromatic rings. The zero-order valence-corrected chi connectivity index (χ0v) is 10.7. The molecular weight excluding hydrogens is 264 g/mol. The molecule has 2 nitrogen and oxygen atoms in total. The van der Waals surface area contributed by atoms with Crippen molar-refractivity contribution in [3.63, 3.8) is 0 Å². The highest BCUT2D eigenvalue weighted by molar-refractivity contribution is 9.10. The maximum atomic E-state index is 4.71. The van der Waals surface area contributed by atoms with Gasteiger partial charge in [-0.1, -0.05) is 30.3 Å². The van der Waals surface area contributed by atoms with Gasteiger partial charge >= 0.3 is 0 Å². The van der Waals surface area contributed by atoms with Crippen LogP contribution in [0.4, 0.5) is 0 Å². The topological polar surface area (TPSA) is 17.8 Å². The molecule has 0 radical (unpaired) electrons. The van der Waals surface area contributed by atoms with Crippen LogP contribution >= 0.6 is 15.9 Å². The van der Waals surface area contributed by atoms with Gasteiger partial charge in [-0.25, -0.2) is 0 Å². The average Bonchev–Trinajstić information content (AvgIpc) is 3.10. The summed E-state index contributed by atoms with van der Waals surface area (Å²) in [5, 5.41) is 4.71. The lowest BCUT2D eigenvalue weighted by molar-refractivity contribution is 0.629. The number of halogens is 1. The molecule has 3 rings (SSSR count). The van der Waals surface area contributed by atoms with Gasteiger partial charge in [-0.15, -0.1) is 0 Å². The first-order chi connectivity index (χ1) is 7.77.